The van der Waals surface area contributed by atoms with Gasteiger partial charge in [0.25, 0.3) is 0 Å². The molecule has 0 atom stereocenters. The number of amides is 1. The van der Waals surface area contributed by atoms with Crippen LogP contribution < -0.4 is 5.32 Å². The summed E-state index contributed by atoms with van der Waals surface area (Å²) in [6.45, 7) is 5.00. The van der Waals surface area contributed by atoms with Gasteiger partial charge in [-0.3, -0.25) is 9.20 Å². The third-order valence-corrected chi connectivity index (χ3v) is 3.49. The highest BCUT2D eigenvalue weighted by atomic mass is 16.5. The molecule has 0 unspecified atom stereocenters. The molecule has 21 heavy (non-hydrogen) atoms. The van der Waals surface area contributed by atoms with Crippen LogP contribution in [-0.2, 0) is 9.53 Å². The van der Waals surface area contributed by atoms with Gasteiger partial charge in [0, 0.05) is 38.4 Å². The Bertz CT molecular complexity index is 635. The van der Waals surface area contributed by atoms with Crippen molar-refractivity contribution in [3.63, 3.8) is 0 Å². The number of anilines is 1. The summed E-state index contributed by atoms with van der Waals surface area (Å²) in [6, 6.07) is 0. The molecule has 0 aromatic carbocycles. The van der Waals surface area contributed by atoms with Crippen molar-refractivity contribution >= 4 is 17.4 Å². The molecule has 1 N–H and O–H groups in total. The fourth-order valence-electron chi connectivity index (χ4n) is 2.32. The topological polar surface area (TPSA) is 84.7 Å². The SMILES string of the molecule is Cc1nnc2c(NCCC(=O)N3CCOCC3)nccn12. The van der Waals surface area contributed by atoms with Crippen molar-refractivity contribution in [2.24, 2.45) is 0 Å². The molecule has 8 heteroatoms. The molecule has 3 rings (SSSR count). The van der Waals surface area contributed by atoms with E-state index in [1.54, 1.807) is 6.20 Å². The smallest absolute Gasteiger partial charge is 0.224 e. The van der Waals surface area contributed by atoms with Gasteiger partial charge in [0.2, 0.25) is 11.6 Å². The Morgan fingerprint density at radius 3 is 3.00 bits per heavy atom. The van der Waals surface area contributed by atoms with Crippen molar-refractivity contribution in [1.82, 2.24) is 24.5 Å². The second kappa shape index (κ2) is 6.04. The van der Waals surface area contributed by atoms with Crippen LogP contribution >= 0.6 is 0 Å². The molecule has 2 aromatic rings. The third kappa shape index (κ3) is 2.94. The van der Waals surface area contributed by atoms with E-state index in [2.05, 4.69) is 20.5 Å². The minimum Gasteiger partial charge on any atom is -0.378 e. The molecular formula is C13H18N6O2. The van der Waals surface area contributed by atoms with Crippen LogP contribution in [0.4, 0.5) is 5.82 Å². The first-order valence-corrected chi connectivity index (χ1v) is 7.01. The summed E-state index contributed by atoms with van der Waals surface area (Å²) < 4.78 is 7.10. The maximum Gasteiger partial charge on any atom is 0.224 e. The average molecular weight is 290 g/mol. The normalized spacial score (nSPS) is 15.4. The summed E-state index contributed by atoms with van der Waals surface area (Å²) in [4.78, 5) is 18.1. The van der Waals surface area contributed by atoms with E-state index in [4.69, 9.17) is 4.74 Å². The molecule has 112 valence electrons. The number of hydrogen-bond donors (Lipinski definition) is 1. The Kier molecular flexibility index (Phi) is 3.96. The van der Waals surface area contributed by atoms with Crippen LogP contribution in [0.5, 0.6) is 0 Å². The number of rotatable bonds is 4. The van der Waals surface area contributed by atoms with Gasteiger partial charge in [-0.1, -0.05) is 0 Å². The van der Waals surface area contributed by atoms with Crippen molar-refractivity contribution < 1.29 is 9.53 Å². The van der Waals surface area contributed by atoms with Crippen molar-refractivity contribution in [2.75, 3.05) is 38.2 Å². The van der Waals surface area contributed by atoms with Crippen LogP contribution in [0.3, 0.4) is 0 Å². The molecule has 0 bridgehead atoms. The first kappa shape index (κ1) is 13.7. The number of nitrogens with zero attached hydrogens (tertiary/aromatic N) is 5. The van der Waals surface area contributed by atoms with Gasteiger partial charge in [0.1, 0.15) is 5.82 Å². The number of morpholine rings is 1. The number of ether oxygens (including phenoxy) is 1. The van der Waals surface area contributed by atoms with E-state index in [0.717, 1.165) is 5.82 Å². The molecule has 1 aliphatic rings. The number of fused-ring (bicyclic) bond motifs is 1. The van der Waals surface area contributed by atoms with Crippen molar-refractivity contribution in [2.45, 2.75) is 13.3 Å². The Balaban J connectivity index is 1.58. The molecule has 0 spiro atoms. The summed E-state index contributed by atoms with van der Waals surface area (Å²) in [7, 11) is 0. The van der Waals surface area contributed by atoms with E-state index in [0.29, 0.717) is 50.7 Å². The molecule has 0 saturated carbocycles. The lowest BCUT2D eigenvalue weighted by atomic mass is 10.3. The van der Waals surface area contributed by atoms with Gasteiger partial charge >= 0.3 is 0 Å². The number of hydrogen-bond acceptors (Lipinski definition) is 6. The van der Waals surface area contributed by atoms with Gasteiger partial charge in [-0.05, 0) is 6.92 Å². The van der Waals surface area contributed by atoms with E-state index in [1.807, 2.05) is 22.4 Å². The van der Waals surface area contributed by atoms with Crippen LogP contribution in [-0.4, -0.2) is 63.2 Å². The molecular weight excluding hydrogens is 272 g/mol. The van der Waals surface area contributed by atoms with Crippen LogP contribution in [0.15, 0.2) is 12.4 Å². The average Bonchev–Trinajstić information content (AvgIpc) is 2.91. The summed E-state index contributed by atoms with van der Waals surface area (Å²) in [5.74, 6) is 1.59. The maximum atomic E-state index is 12.0. The van der Waals surface area contributed by atoms with Crippen molar-refractivity contribution in [1.29, 1.82) is 0 Å². The molecule has 0 aliphatic carbocycles. The van der Waals surface area contributed by atoms with Crippen LogP contribution in [0, 0.1) is 6.92 Å². The Labute approximate surface area is 122 Å². The maximum absolute atomic E-state index is 12.0. The zero-order chi connectivity index (χ0) is 14.7. The number of nitrogens with one attached hydrogen (secondary N) is 1. The first-order chi connectivity index (χ1) is 10.3. The monoisotopic (exact) mass is 290 g/mol. The first-order valence-electron chi connectivity index (χ1n) is 7.01. The number of aromatic nitrogens is 4. The molecule has 2 aromatic heterocycles. The van der Waals surface area contributed by atoms with Gasteiger partial charge in [-0.15, -0.1) is 10.2 Å². The highest BCUT2D eigenvalue weighted by Gasteiger charge is 2.16. The number of carbonyl (C=O) groups excluding carboxylic acids is 1. The molecule has 1 amide bonds. The van der Waals surface area contributed by atoms with Crippen molar-refractivity contribution in [3.8, 4) is 0 Å². The van der Waals surface area contributed by atoms with E-state index >= 15 is 0 Å². The Morgan fingerprint density at radius 2 is 2.19 bits per heavy atom. The highest BCUT2D eigenvalue weighted by Crippen LogP contribution is 2.12. The van der Waals surface area contributed by atoms with Gasteiger partial charge in [-0.2, -0.15) is 0 Å². The van der Waals surface area contributed by atoms with Crippen molar-refractivity contribution in [3.05, 3.63) is 18.2 Å². The lowest BCUT2D eigenvalue weighted by Crippen LogP contribution is -2.41. The Hall–Kier alpha value is -2.22. The van der Waals surface area contributed by atoms with Gasteiger partial charge in [0.15, 0.2) is 5.82 Å². The molecule has 1 saturated heterocycles. The fraction of sp³-hybridized carbons (Fsp3) is 0.538. The minimum atomic E-state index is 0.135. The summed E-state index contributed by atoms with van der Waals surface area (Å²) in [5.41, 5.74) is 0.675. The second-order valence-electron chi connectivity index (χ2n) is 4.89. The number of aryl methyl sites for hydroxylation is 1. The standard InChI is InChI=1S/C13H18N6O2/c1-10-16-17-13-12(15-4-5-19(10)13)14-3-2-11(20)18-6-8-21-9-7-18/h4-5H,2-3,6-9H2,1H3,(H,14,15). The lowest BCUT2D eigenvalue weighted by Gasteiger charge is -2.26. The third-order valence-electron chi connectivity index (χ3n) is 3.49. The molecule has 8 nitrogen and oxygen atoms in total. The molecule has 1 fully saturated rings. The highest BCUT2D eigenvalue weighted by molar-refractivity contribution is 5.77. The van der Waals surface area contributed by atoms with Crippen LogP contribution in [0.2, 0.25) is 0 Å². The van der Waals surface area contributed by atoms with Gasteiger partial charge in [0.05, 0.1) is 13.2 Å². The zero-order valence-corrected chi connectivity index (χ0v) is 11.9. The van der Waals surface area contributed by atoms with E-state index < -0.39 is 0 Å². The molecule has 3 heterocycles. The lowest BCUT2D eigenvalue weighted by molar-refractivity contribution is -0.134. The van der Waals surface area contributed by atoms with E-state index in [9.17, 15) is 4.79 Å². The summed E-state index contributed by atoms with van der Waals surface area (Å²) in [6.07, 6.45) is 3.93. The van der Waals surface area contributed by atoms with Crippen LogP contribution in [0.25, 0.3) is 5.65 Å². The van der Waals surface area contributed by atoms with E-state index in [-0.39, 0.29) is 5.91 Å². The quantitative estimate of drug-likeness (QED) is 0.859. The Morgan fingerprint density at radius 1 is 1.38 bits per heavy atom. The van der Waals surface area contributed by atoms with Crippen LogP contribution in [0.1, 0.15) is 12.2 Å². The van der Waals surface area contributed by atoms with Gasteiger partial charge in [-0.25, -0.2) is 4.98 Å². The molecule has 0 radical (unpaired) electrons. The predicted octanol–water partition coefficient (Wildman–Crippen LogP) is 0.0935. The predicted molar refractivity (Wildman–Crippen MR) is 76.0 cm³/mol. The summed E-state index contributed by atoms with van der Waals surface area (Å²) in [5, 5.41) is 11.3. The number of carbonyl (C=O) groups is 1. The zero-order valence-electron chi connectivity index (χ0n) is 11.9. The summed E-state index contributed by atoms with van der Waals surface area (Å²) >= 11 is 0. The van der Waals surface area contributed by atoms with Gasteiger partial charge < -0.3 is 15.0 Å². The second-order valence-corrected chi connectivity index (χ2v) is 4.89. The fourth-order valence-corrected chi connectivity index (χ4v) is 2.32. The minimum absolute atomic E-state index is 0.135. The van der Waals surface area contributed by atoms with E-state index in [1.165, 1.54) is 0 Å². The largest absolute Gasteiger partial charge is 0.378 e. The molecule has 1 aliphatic heterocycles.